The molecule has 4 heteroatoms. The molecule has 2 atom stereocenters. The molecular weight excluding hydrogens is 218 g/mol. The van der Waals surface area contributed by atoms with Crippen molar-refractivity contribution in [3.63, 3.8) is 0 Å². The standard InChI is InChI=1S/C13H21NO3/c1-9-10(8-13(16)17)7-12(15)14(9)11-5-3-2-4-6-11/h9-11H,2-8H2,1H3,(H,16,17)/t9-,10-/m1/s1. The van der Waals surface area contributed by atoms with Crippen LogP contribution in [0.4, 0.5) is 0 Å². The molecule has 0 bridgehead atoms. The number of rotatable bonds is 3. The van der Waals surface area contributed by atoms with E-state index in [1.807, 2.05) is 11.8 Å². The van der Waals surface area contributed by atoms with Gasteiger partial charge in [0.05, 0.1) is 6.42 Å². The Bertz CT molecular complexity index is 310. The molecule has 2 rings (SSSR count). The second kappa shape index (κ2) is 5.07. The highest BCUT2D eigenvalue weighted by Gasteiger charge is 2.41. The van der Waals surface area contributed by atoms with Gasteiger partial charge in [-0.3, -0.25) is 9.59 Å². The molecule has 0 unspecified atom stereocenters. The van der Waals surface area contributed by atoms with E-state index in [2.05, 4.69) is 0 Å². The van der Waals surface area contributed by atoms with Crippen LogP contribution in [-0.4, -0.2) is 34.0 Å². The number of carboxylic acid groups (broad SMARTS) is 1. The van der Waals surface area contributed by atoms with Crippen molar-refractivity contribution in [3.8, 4) is 0 Å². The zero-order chi connectivity index (χ0) is 12.4. The van der Waals surface area contributed by atoms with E-state index >= 15 is 0 Å². The average Bonchev–Trinajstić information content (AvgIpc) is 2.54. The zero-order valence-electron chi connectivity index (χ0n) is 10.4. The van der Waals surface area contributed by atoms with E-state index in [0.29, 0.717) is 12.5 Å². The molecule has 1 N–H and O–H groups in total. The fourth-order valence-electron chi connectivity index (χ4n) is 3.32. The van der Waals surface area contributed by atoms with Crippen molar-refractivity contribution >= 4 is 11.9 Å². The quantitative estimate of drug-likeness (QED) is 0.819. The van der Waals surface area contributed by atoms with E-state index in [1.165, 1.54) is 19.3 Å². The molecule has 1 aliphatic carbocycles. The van der Waals surface area contributed by atoms with Crippen molar-refractivity contribution in [1.29, 1.82) is 0 Å². The molecule has 0 aromatic carbocycles. The lowest BCUT2D eigenvalue weighted by atomic mass is 9.92. The number of carboxylic acids is 1. The molecule has 1 amide bonds. The van der Waals surface area contributed by atoms with Crippen molar-refractivity contribution in [3.05, 3.63) is 0 Å². The van der Waals surface area contributed by atoms with Crippen molar-refractivity contribution in [1.82, 2.24) is 4.90 Å². The minimum absolute atomic E-state index is 0.00178. The van der Waals surface area contributed by atoms with Crippen LogP contribution in [0.3, 0.4) is 0 Å². The second-order valence-electron chi connectivity index (χ2n) is 5.40. The first-order chi connectivity index (χ1) is 8.09. The summed E-state index contributed by atoms with van der Waals surface area (Å²) in [7, 11) is 0. The monoisotopic (exact) mass is 239 g/mol. The first kappa shape index (κ1) is 12.4. The van der Waals surface area contributed by atoms with Crippen molar-refractivity contribution in [2.24, 2.45) is 5.92 Å². The van der Waals surface area contributed by atoms with Crippen LogP contribution >= 0.6 is 0 Å². The molecule has 0 radical (unpaired) electrons. The Balaban J connectivity index is 2.02. The van der Waals surface area contributed by atoms with E-state index in [0.717, 1.165) is 12.8 Å². The summed E-state index contributed by atoms with van der Waals surface area (Å²) in [5.41, 5.74) is 0. The lowest BCUT2D eigenvalue weighted by Crippen LogP contribution is -2.43. The first-order valence-electron chi connectivity index (χ1n) is 6.62. The van der Waals surface area contributed by atoms with Gasteiger partial charge in [-0.15, -0.1) is 0 Å². The maximum atomic E-state index is 12.0. The summed E-state index contributed by atoms with van der Waals surface area (Å²) in [4.78, 5) is 24.7. The Morgan fingerprint density at radius 2 is 2.00 bits per heavy atom. The smallest absolute Gasteiger partial charge is 0.303 e. The van der Waals surface area contributed by atoms with Crippen LogP contribution in [0.5, 0.6) is 0 Å². The highest BCUT2D eigenvalue weighted by Crippen LogP contribution is 2.34. The summed E-state index contributed by atoms with van der Waals surface area (Å²) in [6.07, 6.45) is 6.40. The number of carbonyl (C=O) groups is 2. The van der Waals surface area contributed by atoms with Gasteiger partial charge in [0.15, 0.2) is 0 Å². The normalized spacial score (nSPS) is 30.9. The number of amides is 1. The van der Waals surface area contributed by atoms with Gasteiger partial charge in [0.25, 0.3) is 0 Å². The number of hydrogen-bond donors (Lipinski definition) is 1. The number of likely N-dealkylation sites (tertiary alicyclic amines) is 1. The summed E-state index contributed by atoms with van der Waals surface area (Å²) in [5.74, 6) is -0.627. The van der Waals surface area contributed by atoms with Crippen LogP contribution in [0, 0.1) is 5.92 Å². The van der Waals surface area contributed by atoms with E-state index in [-0.39, 0.29) is 24.3 Å². The van der Waals surface area contributed by atoms with Crippen LogP contribution < -0.4 is 0 Å². The van der Waals surface area contributed by atoms with Crippen LogP contribution in [-0.2, 0) is 9.59 Å². The Hall–Kier alpha value is -1.06. The van der Waals surface area contributed by atoms with Crippen molar-refractivity contribution in [2.45, 2.75) is 64.0 Å². The minimum Gasteiger partial charge on any atom is -0.481 e. The second-order valence-corrected chi connectivity index (χ2v) is 5.40. The number of carbonyl (C=O) groups excluding carboxylic acids is 1. The lowest BCUT2D eigenvalue weighted by molar-refractivity contribution is -0.138. The highest BCUT2D eigenvalue weighted by molar-refractivity contribution is 5.81. The first-order valence-corrected chi connectivity index (χ1v) is 6.62. The molecule has 2 fully saturated rings. The fourth-order valence-corrected chi connectivity index (χ4v) is 3.32. The molecule has 96 valence electrons. The molecule has 0 aromatic rings. The van der Waals surface area contributed by atoms with Gasteiger partial charge in [-0.1, -0.05) is 19.3 Å². The number of hydrogen-bond acceptors (Lipinski definition) is 2. The molecule has 0 aromatic heterocycles. The highest BCUT2D eigenvalue weighted by atomic mass is 16.4. The Kier molecular flexibility index (Phi) is 3.69. The molecule has 17 heavy (non-hydrogen) atoms. The van der Waals surface area contributed by atoms with Crippen LogP contribution in [0.15, 0.2) is 0 Å². The summed E-state index contributed by atoms with van der Waals surface area (Å²) in [5, 5.41) is 8.84. The van der Waals surface area contributed by atoms with Gasteiger partial charge in [0.1, 0.15) is 0 Å². The Morgan fingerprint density at radius 3 is 2.59 bits per heavy atom. The zero-order valence-corrected chi connectivity index (χ0v) is 10.4. The molecule has 1 heterocycles. The Morgan fingerprint density at radius 1 is 1.35 bits per heavy atom. The van der Waals surface area contributed by atoms with Crippen LogP contribution in [0.25, 0.3) is 0 Å². The molecule has 1 saturated carbocycles. The lowest BCUT2D eigenvalue weighted by Gasteiger charge is -2.35. The topological polar surface area (TPSA) is 57.6 Å². The summed E-state index contributed by atoms with van der Waals surface area (Å²) < 4.78 is 0. The predicted molar refractivity (Wildman–Crippen MR) is 63.5 cm³/mol. The van der Waals surface area contributed by atoms with Crippen molar-refractivity contribution in [2.75, 3.05) is 0 Å². The number of aliphatic carboxylic acids is 1. The van der Waals surface area contributed by atoms with Gasteiger partial charge < -0.3 is 10.0 Å². The van der Waals surface area contributed by atoms with Crippen molar-refractivity contribution < 1.29 is 14.7 Å². The van der Waals surface area contributed by atoms with E-state index in [1.54, 1.807) is 0 Å². The largest absolute Gasteiger partial charge is 0.481 e. The van der Waals surface area contributed by atoms with Gasteiger partial charge >= 0.3 is 5.97 Å². The van der Waals surface area contributed by atoms with Gasteiger partial charge in [0.2, 0.25) is 5.91 Å². The van der Waals surface area contributed by atoms with Crippen LogP contribution in [0.1, 0.15) is 51.9 Å². The maximum Gasteiger partial charge on any atom is 0.303 e. The SMILES string of the molecule is C[C@@H]1[C@@H](CC(=O)O)CC(=O)N1C1CCCCC1. The fraction of sp³-hybridized carbons (Fsp3) is 0.846. The van der Waals surface area contributed by atoms with Crippen LogP contribution in [0.2, 0.25) is 0 Å². The minimum atomic E-state index is -0.792. The van der Waals surface area contributed by atoms with Gasteiger partial charge in [-0.25, -0.2) is 0 Å². The molecule has 1 aliphatic heterocycles. The predicted octanol–water partition coefficient (Wildman–Crippen LogP) is 2.03. The molecule has 0 spiro atoms. The third kappa shape index (κ3) is 2.61. The Labute approximate surface area is 102 Å². The van der Waals surface area contributed by atoms with Gasteiger partial charge in [-0.2, -0.15) is 0 Å². The van der Waals surface area contributed by atoms with Gasteiger partial charge in [-0.05, 0) is 25.7 Å². The summed E-state index contributed by atoms with van der Waals surface area (Å²) in [6.45, 7) is 2.01. The maximum absolute atomic E-state index is 12.0. The third-order valence-electron chi connectivity index (χ3n) is 4.25. The number of nitrogens with zero attached hydrogens (tertiary/aromatic N) is 1. The summed E-state index contributed by atoms with van der Waals surface area (Å²) >= 11 is 0. The molecule has 1 saturated heterocycles. The average molecular weight is 239 g/mol. The van der Waals surface area contributed by atoms with Gasteiger partial charge in [0, 0.05) is 18.5 Å². The third-order valence-corrected chi connectivity index (χ3v) is 4.25. The molecule has 4 nitrogen and oxygen atoms in total. The van der Waals surface area contributed by atoms with E-state index in [9.17, 15) is 9.59 Å². The molecular formula is C13H21NO3. The van der Waals surface area contributed by atoms with E-state index in [4.69, 9.17) is 5.11 Å². The van der Waals surface area contributed by atoms with E-state index < -0.39 is 5.97 Å². The summed E-state index contributed by atoms with van der Waals surface area (Å²) in [6, 6.07) is 0.465. The molecule has 2 aliphatic rings.